The zero-order valence-corrected chi connectivity index (χ0v) is 16.7. The van der Waals surface area contributed by atoms with Gasteiger partial charge in [0, 0.05) is 24.5 Å². The highest BCUT2D eigenvalue weighted by Gasteiger charge is 2.25. The summed E-state index contributed by atoms with van der Waals surface area (Å²) in [6, 6.07) is 9.51. The lowest BCUT2D eigenvalue weighted by molar-refractivity contribution is -0.138. The normalized spacial score (nSPS) is 16.5. The maximum absolute atomic E-state index is 12.5. The molecule has 3 rings (SSSR count). The number of nitrogen functional groups attached to an aromatic ring is 1. The van der Waals surface area contributed by atoms with Crippen LogP contribution in [0.15, 0.2) is 30.3 Å². The molecule has 0 bridgehead atoms. The summed E-state index contributed by atoms with van der Waals surface area (Å²) in [4.78, 5) is 14.4. The molecule has 1 aliphatic rings. The zero-order chi connectivity index (χ0) is 17.1. The van der Waals surface area contributed by atoms with Gasteiger partial charge in [0.2, 0.25) is 5.91 Å². The third-order valence-corrected chi connectivity index (χ3v) is 4.31. The van der Waals surface area contributed by atoms with E-state index in [0.29, 0.717) is 38.3 Å². The van der Waals surface area contributed by atoms with Crippen LogP contribution in [0.1, 0.15) is 17.0 Å². The van der Waals surface area contributed by atoms with Gasteiger partial charge in [0.1, 0.15) is 0 Å². The van der Waals surface area contributed by atoms with Gasteiger partial charge >= 0.3 is 0 Å². The molecule has 1 fully saturated rings. The number of anilines is 1. The number of rotatable bonds is 4. The minimum atomic E-state index is -0.0212. The van der Waals surface area contributed by atoms with Crippen LogP contribution >= 0.6 is 24.8 Å². The quantitative estimate of drug-likeness (QED) is 0.799. The lowest BCUT2D eigenvalue weighted by Gasteiger charge is -2.33. The maximum atomic E-state index is 12.5. The van der Waals surface area contributed by atoms with Crippen molar-refractivity contribution in [1.82, 2.24) is 14.7 Å². The zero-order valence-electron chi connectivity index (χ0n) is 15.1. The summed E-state index contributed by atoms with van der Waals surface area (Å²) in [5.41, 5.74) is 9.49. The number of ether oxygens (including phenoxy) is 1. The number of amides is 1. The van der Waals surface area contributed by atoms with Crippen molar-refractivity contribution >= 4 is 36.4 Å². The molecule has 0 radical (unpaired) electrons. The number of carbonyl (C=O) groups excluding carboxylic acids is 1. The van der Waals surface area contributed by atoms with Crippen LogP contribution in [-0.2, 0) is 22.5 Å². The van der Waals surface area contributed by atoms with Crippen molar-refractivity contribution in [3.05, 3.63) is 47.3 Å². The van der Waals surface area contributed by atoms with Gasteiger partial charge in [0.05, 0.1) is 31.4 Å². The molecule has 0 aliphatic carbocycles. The minimum Gasteiger partial charge on any atom is -0.399 e. The number of nitrogens with two attached hydrogens (primary N) is 1. The monoisotopic (exact) mass is 400 g/mol. The number of morpholine rings is 1. The minimum absolute atomic E-state index is 0. The molecule has 1 amide bonds. The molecule has 2 N–H and O–H groups in total. The van der Waals surface area contributed by atoms with E-state index in [1.54, 1.807) is 0 Å². The molecule has 6 nitrogen and oxygen atoms in total. The topological polar surface area (TPSA) is 73.4 Å². The first-order chi connectivity index (χ1) is 11.5. The van der Waals surface area contributed by atoms with Gasteiger partial charge < -0.3 is 15.4 Å². The van der Waals surface area contributed by atoms with Crippen LogP contribution in [0.25, 0.3) is 0 Å². The molecule has 1 saturated heterocycles. The maximum Gasteiger partial charge on any atom is 0.227 e. The Balaban J connectivity index is 0.00000169. The molecular formula is C18H26Cl2N4O2. The van der Waals surface area contributed by atoms with E-state index in [4.69, 9.17) is 10.5 Å². The van der Waals surface area contributed by atoms with Crippen LogP contribution in [0.2, 0.25) is 0 Å². The summed E-state index contributed by atoms with van der Waals surface area (Å²) >= 11 is 0. The highest BCUT2D eigenvalue weighted by molar-refractivity contribution is 5.85. The van der Waals surface area contributed by atoms with Crippen LogP contribution in [0.3, 0.4) is 0 Å². The Morgan fingerprint density at radius 2 is 1.96 bits per heavy atom. The highest BCUT2D eigenvalue weighted by Crippen LogP contribution is 2.13. The SMILES string of the molecule is Cc1cc(C)n(CC2CN(C(=O)Cc3ccc(N)cc3)CCO2)n1.Cl.Cl. The predicted molar refractivity (Wildman–Crippen MR) is 107 cm³/mol. The Morgan fingerprint density at radius 3 is 2.58 bits per heavy atom. The molecule has 1 aliphatic heterocycles. The summed E-state index contributed by atoms with van der Waals surface area (Å²) in [6.07, 6.45) is 0.375. The Bertz CT molecular complexity index is 718. The van der Waals surface area contributed by atoms with E-state index in [-0.39, 0.29) is 36.8 Å². The number of hydrogen-bond acceptors (Lipinski definition) is 4. The van der Waals surface area contributed by atoms with Crippen molar-refractivity contribution in [3.8, 4) is 0 Å². The summed E-state index contributed by atoms with van der Waals surface area (Å²) in [6.45, 7) is 6.50. The molecule has 144 valence electrons. The number of aromatic nitrogens is 2. The van der Waals surface area contributed by atoms with E-state index in [9.17, 15) is 4.79 Å². The van der Waals surface area contributed by atoms with E-state index in [1.807, 2.05) is 53.8 Å². The van der Waals surface area contributed by atoms with Crippen molar-refractivity contribution in [2.24, 2.45) is 0 Å². The van der Waals surface area contributed by atoms with Crippen LogP contribution in [0, 0.1) is 13.8 Å². The Hall–Kier alpha value is -1.76. The number of aryl methyl sites for hydroxylation is 2. The number of halogens is 2. The van der Waals surface area contributed by atoms with E-state index in [1.165, 1.54) is 0 Å². The number of benzene rings is 1. The van der Waals surface area contributed by atoms with E-state index >= 15 is 0 Å². The van der Waals surface area contributed by atoms with Gasteiger partial charge in [-0.1, -0.05) is 12.1 Å². The average Bonchev–Trinajstić information content (AvgIpc) is 2.87. The molecule has 1 unspecified atom stereocenters. The molecule has 0 spiro atoms. The first kappa shape index (κ1) is 22.3. The Labute approximate surface area is 166 Å². The largest absolute Gasteiger partial charge is 0.399 e. The second-order valence-corrected chi connectivity index (χ2v) is 6.36. The predicted octanol–water partition coefficient (Wildman–Crippen LogP) is 2.40. The van der Waals surface area contributed by atoms with Crippen LogP contribution in [-0.4, -0.2) is 46.4 Å². The second kappa shape index (κ2) is 9.80. The third-order valence-electron chi connectivity index (χ3n) is 4.31. The van der Waals surface area contributed by atoms with Gasteiger partial charge in [0.25, 0.3) is 0 Å². The fourth-order valence-corrected chi connectivity index (χ4v) is 3.03. The van der Waals surface area contributed by atoms with Crippen LogP contribution < -0.4 is 5.73 Å². The van der Waals surface area contributed by atoms with Gasteiger partial charge in [-0.25, -0.2) is 0 Å². The molecule has 1 aromatic heterocycles. The number of nitrogens with zero attached hydrogens (tertiary/aromatic N) is 3. The number of hydrogen-bond donors (Lipinski definition) is 1. The lowest BCUT2D eigenvalue weighted by atomic mass is 10.1. The van der Waals surface area contributed by atoms with E-state index < -0.39 is 0 Å². The van der Waals surface area contributed by atoms with Crippen molar-refractivity contribution in [1.29, 1.82) is 0 Å². The molecule has 1 aromatic carbocycles. The highest BCUT2D eigenvalue weighted by atomic mass is 35.5. The van der Waals surface area contributed by atoms with Crippen molar-refractivity contribution in [2.45, 2.75) is 32.9 Å². The summed E-state index contributed by atoms with van der Waals surface area (Å²) in [5.74, 6) is 0.126. The van der Waals surface area contributed by atoms with Gasteiger partial charge in [-0.3, -0.25) is 9.48 Å². The lowest BCUT2D eigenvalue weighted by Crippen LogP contribution is -2.47. The molecule has 1 atom stereocenters. The van der Waals surface area contributed by atoms with E-state index in [2.05, 4.69) is 5.10 Å². The summed E-state index contributed by atoms with van der Waals surface area (Å²) in [5, 5.41) is 4.47. The smallest absolute Gasteiger partial charge is 0.227 e. The van der Waals surface area contributed by atoms with Gasteiger partial charge in [-0.15, -0.1) is 24.8 Å². The molecule has 8 heteroatoms. The third kappa shape index (κ3) is 5.62. The fraction of sp³-hybridized carbons (Fsp3) is 0.444. The summed E-state index contributed by atoms with van der Waals surface area (Å²) in [7, 11) is 0. The van der Waals surface area contributed by atoms with E-state index in [0.717, 1.165) is 17.0 Å². The van der Waals surface area contributed by atoms with Gasteiger partial charge in [-0.2, -0.15) is 5.10 Å². The van der Waals surface area contributed by atoms with Crippen LogP contribution in [0.4, 0.5) is 5.69 Å². The average molecular weight is 401 g/mol. The molecule has 26 heavy (non-hydrogen) atoms. The first-order valence-corrected chi connectivity index (χ1v) is 8.26. The molecular weight excluding hydrogens is 375 g/mol. The van der Waals surface area contributed by atoms with Gasteiger partial charge in [-0.05, 0) is 37.6 Å². The molecule has 2 heterocycles. The molecule has 2 aromatic rings. The van der Waals surface area contributed by atoms with Crippen molar-refractivity contribution in [3.63, 3.8) is 0 Å². The molecule has 0 saturated carbocycles. The Kier molecular flexibility index (Phi) is 8.40. The second-order valence-electron chi connectivity index (χ2n) is 6.36. The standard InChI is InChI=1S/C18H24N4O2.2ClH/c1-13-9-14(2)22(20-13)12-17-11-21(7-8-24-17)18(23)10-15-3-5-16(19)6-4-15;;/h3-6,9,17H,7-8,10-12,19H2,1-2H3;2*1H. The van der Waals surface area contributed by atoms with Crippen molar-refractivity contribution in [2.75, 3.05) is 25.4 Å². The fourth-order valence-electron chi connectivity index (χ4n) is 3.03. The number of carbonyl (C=O) groups is 1. The first-order valence-electron chi connectivity index (χ1n) is 8.26. The van der Waals surface area contributed by atoms with Crippen LogP contribution in [0.5, 0.6) is 0 Å². The van der Waals surface area contributed by atoms with Crippen molar-refractivity contribution < 1.29 is 9.53 Å². The Morgan fingerprint density at radius 1 is 1.27 bits per heavy atom. The summed E-state index contributed by atoms with van der Waals surface area (Å²) < 4.78 is 7.77. The van der Waals surface area contributed by atoms with Gasteiger partial charge in [0.15, 0.2) is 0 Å².